The Morgan fingerprint density at radius 2 is 2.17 bits per heavy atom. The van der Waals surface area contributed by atoms with Crippen molar-refractivity contribution in [1.82, 2.24) is 20.9 Å². The molecule has 118 valence electrons. The molecule has 0 radical (unpaired) electrons. The number of allylic oxidation sites excluding steroid dienone is 2. The molecule has 0 aromatic carbocycles. The van der Waals surface area contributed by atoms with Crippen LogP contribution in [0.4, 0.5) is 0 Å². The van der Waals surface area contributed by atoms with Crippen molar-refractivity contribution >= 4 is 11.5 Å². The van der Waals surface area contributed by atoms with Crippen LogP contribution in [-0.2, 0) is 0 Å². The summed E-state index contributed by atoms with van der Waals surface area (Å²) in [6, 6.07) is 8.13. The number of aromatic nitrogens is 1. The van der Waals surface area contributed by atoms with Crippen LogP contribution in [0.5, 0.6) is 0 Å². The van der Waals surface area contributed by atoms with Crippen LogP contribution in [0.1, 0.15) is 25.5 Å². The summed E-state index contributed by atoms with van der Waals surface area (Å²) < 4.78 is 0. The lowest BCUT2D eigenvalue weighted by atomic mass is 10.0. The Labute approximate surface area is 136 Å². The molecule has 1 aromatic rings. The predicted octanol–water partition coefficient (Wildman–Crippen LogP) is 1.52. The van der Waals surface area contributed by atoms with Gasteiger partial charge in [0.25, 0.3) is 0 Å². The quantitative estimate of drug-likeness (QED) is 0.721. The zero-order valence-electron chi connectivity index (χ0n) is 13.1. The summed E-state index contributed by atoms with van der Waals surface area (Å²) >= 11 is 0. The molecule has 0 bridgehead atoms. The molecule has 2 aliphatic heterocycles. The van der Waals surface area contributed by atoms with Crippen molar-refractivity contribution in [2.24, 2.45) is 4.99 Å². The van der Waals surface area contributed by atoms with Gasteiger partial charge in [-0.15, -0.1) is 0 Å². The van der Waals surface area contributed by atoms with E-state index in [9.17, 15) is 5.26 Å². The van der Waals surface area contributed by atoms with E-state index in [0.29, 0.717) is 23.3 Å². The minimum Gasteiger partial charge on any atom is -0.332 e. The summed E-state index contributed by atoms with van der Waals surface area (Å²) in [6.45, 7) is 3.95. The van der Waals surface area contributed by atoms with Crippen molar-refractivity contribution in [3.63, 3.8) is 0 Å². The maximum absolute atomic E-state index is 9.57. The molecule has 0 aliphatic carbocycles. The molecule has 23 heavy (non-hydrogen) atoms. The van der Waals surface area contributed by atoms with Gasteiger partial charge in [0.2, 0.25) is 0 Å². The van der Waals surface area contributed by atoms with E-state index in [1.165, 1.54) is 0 Å². The standard InChI is InChI=1S/C17H20N6/c1-12-11-21-17(22-13-5-8-19-9-6-13)23-16(12)14(10-18)15-4-2-3-7-20-15/h2-4,7,11,13,19H,5-6,8-9H2,1H3,(H2,21,22,23). The van der Waals surface area contributed by atoms with Gasteiger partial charge in [-0.05, 0) is 50.6 Å². The maximum atomic E-state index is 9.57. The highest BCUT2D eigenvalue weighted by Crippen LogP contribution is 2.21. The van der Waals surface area contributed by atoms with E-state index >= 15 is 0 Å². The number of hydrogen-bond acceptors (Lipinski definition) is 4. The minimum absolute atomic E-state index is 0.305. The fraction of sp³-hybridized carbons (Fsp3) is 0.353. The van der Waals surface area contributed by atoms with Crippen LogP contribution in [0.3, 0.4) is 0 Å². The van der Waals surface area contributed by atoms with Crippen LogP contribution in [0.15, 0.2) is 46.9 Å². The molecule has 3 heterocycles. The lowest BCUT2D eigenvalue weighted by Crippen LogP contribution is -2.41. The first-order chi connectivity index (χ1) is 11.3. The number of rotatable bonds is 2. The number of aliphatic imine (C=N–C) groups is 1. The Kier molecular flexibility index (Phi) is 4.69. The molecule has 3 rings (SSSR count). The van der Waals surface area contributed by atoms with Gasteiger partial charge in [0.1, 0.15) is 11.6 Å². The van der Waals surface area contributed by atoms with Crippen LogP contribution in [0.25, 0.3) is 5.57 Å². The summed E-state index contributed by atoms with van der Waals surface area (Å²) in [5.41, 5.74) is 2.90. The van der Waals surface area contributed by atoms with Crippen LogP contribution in [0, 0.1) is 11.3 Å². The number of piperidine rings is 1. The molecular weight excluding hydrogens is 288 g/mol. The number of hydrogen-bond donors (Lipinski definition) is 3. The molecule has 0 atom stereocenters. The Bertz CT molecular complexity index is 690. The summed E-state index contributed by atoms with van der Waals surface area (Å²) in [6.07, 6.45) is 5.63. The molecular formula is C17H20N6. The van der Waals surface area contributed by atoms with Gasteiger partial charge in [-0.2, -0.15) is 5.26 Å². The third-order valence-corrected chi connectivity index (χ3v) is 3.97. The smallest absolute Gasteiger partial charge is 0.200 e. The lowest BCUT2D eigenvalue weighted by molar-refractivity contribution is 0.458. The molecule has 1 aromatic heterocycles. The van der Waals surface area contributed by atoms with E-state index in [2.05, 4.69) is 27.0 Å². The summed E-state index contributed by atoms with van der Waals surface area (Å²) in [5, 5.41) is 19.3. The molecule has 0 amide bonds. The van der Waals surface area contributed by atoms with Gasteiger partial charge in [-0.1, -0.05) is 6.07 Å². The van der Waals surface area contributed by atoms with Gasteiger partial charge < -0.3 is 16.0 Å². The molecule has 6 nitrogen and oxygen atoms in total. The van der Waals surface area contributed by atoms with Crippen LogP contribution < -0.4 is 16.0 Å². The fourth-order valence-corrected chi connectivity index (χ4v) is 2.70. The Hall–Kier alpha value is -2.65. The minimum atomic E-state index is 0.305. The van der Waals surface area contributed by atoms with Crippen molar-refractivity contribution in [3.8, 4) is 6.07 Å². The number of nitrogens with zero attached hydrogens (tertiary/aromatic N) is 3. The molecule has 0 unspecified atom stereocenters. The molecule has 3 N–H and O–H groups in total. The summed E-state index contributed by atoms with van der Waals surface area (Å²) in [5.74, 6) is 0.696. The average molecular weight is 308 g/mol. The van der Waals surface area contributed by atoms with Gasteiger partial charge in [-0.25, -0.2) is 4.99 Å². The normalized spacial score (nSPS) is 22.6. The van der Waals surface area contributed by atoms with E-state index in [0.717, 1.165) is 37.2 Å². The molecule has 0 spiro atoms. The first kappa shape index (κ1) is 15.3. The van der Waals surface area contributed by atoms with Gasteiger partial charge in [0.15, 0.2) is 5.96 Å². The maximum Gasteiger partial charge on any atom is 0.200 e. The van der Waals surface area contributed by atoms with Crippen molar-refractivity contribution < 1.29 is 0 Å². The largest absolute Gasteiger partial charge is 0.332 e. The predicted molar refractivity (Wildman–Crippen MR) is 90.1 cm³/mol. The third kappa shape index (κ3) is 3.58. The topological polar surface area (TPSA) is 85.1 Å². The monoisotopic (exact) mass is 308 g/mol. The summed E-state index contributed by atoms with van der Waals surface area (Å²) in [7, 11) is 0. The highest BCUT2D eigenvalue weighted by atomic mass is 15.2. The summed E-state index contributed by atoms with van der Waals surface area (Å²) in [4.78, 5) is 9.02. The van der Waals surface area contributed by atoms with E-state index in [4.69, 9.17) is 4.99 Å². The zero-order valence-corrected chi connectivity index (χ0v) is 13.1. The van der Waals surface area contributed by atoms with E-state index in [1.807, 2.05) is 31.3 Å². The Morgan fingerprint density at radius 3 is 2.87 bits per heavy atom. The third-order valence-electron chi connectivity index (χ3n) is 3.97. The van der Waals surface area contributed by atoms with E-state index < -0.39 is 0 Å². The lowest BCUT2D eigenvalue weighted by Gasteiger charge is -2.24. The second-order valence-corrected chi connectivity index (χ2v) is 5.63. The molecule has 1 saturated heterocycles. The fourth-order valence-electron chi connectivity index (χ4n) is 2.70. The van der Waals surface area contributed by atoms with E-state index in [1.54, 1.807) is 6.20 Å². The van der Waals surface area contributed by atoms with Gasteiger partial charge >= 0.3 is 0 Å². The zero-order chi connectivity index (χ0) is 16.1. The average Bonchev–Trinajstić information content (AvgIpc) is 2.60. The number of nitrogens with one attached hydrogen (secondary N) is 3. The van der Waals surface area contributed by atoms with Crippen molar-refractivity contribution in [1.29, 1.82) is 5.26 Å². The van der Waals surface area contributed by atoms with Crippen molar-refractivity contribution in [2.45, 2.75) is 25.8 Å². The van der Waals surface area contributed by atoms with Gasteiger partial charge in [-0.3, -0.25) is 4.98 Å². The SMILES string of the molecule is CC1=CNC(=NC2CCNCC2)NC1=C(C#N)c1ccccn1. The Morgan fingerprint density at radius 1 is 1.35 bits per heavy atom. The number of pyridine rings is 1. The highest BCUT2D eigenvalue weighted by molar-refractivity contribution is 5.90. The second kappa shape index (κ2) is 7.07. The highest BCUT2D eigenvalue weighted by Gasteiger charge is 2.19. The van der Waals surface area contributed by atoms with Crippen molar-refractivity contribution in [3.05, 3.63) is 47.6 Å². The van der Waals surface area contributed by atoms with Gasteiger partial charge in [0, 0.05) is 12.4 Å². The molecule has 1 fully saturated rings. The van der Waals surface area contributed by atoms with Crippen LogP contribution in [-0.4, -0.2) is 30.1 Å². The number of nitriles is 1. The Balaban J connectivity index is 1.90. The molecule has 2 aliphatic rings. The van der Waals surface area contributed by atoms with Crippen LogP contribution in [0.2, 0.25) is 0 Å². The van der Waals surface area contributed by atoms with Crippen LogP contribution >= 0.6 is 0 Å². The first-order valence-electron chi connectivity index (χ1n) is 7.83. The van der Waals surface area contributed by atoms with Crippen molar-refractivity contribution in [2.75, 3.05) is 13.1 Å². The number of guanidine groups is 1. The van der Waals surface area contributed by atoms with Gasteiger partial charge in [0.05, 0.1) is 17.4 Å². The van der Waals surface area contributed by atoms with E-state index in [-0.39, 0.29) is 0 Å². The molecule has 6 heteroatoms. The molecule has 0 saturated carbocycles. The second-order valence-electron chi connectivity index (χ2n) is 5.63. The first-order valence-corrected chi connectivity index (χ1v) is 7.83.